The number of nitrogens with one attached hydrogen (secondary N) is 1. The fourth-order valence-electron chi connectivity index (χ4n) is 5.26. The molecule has 0 bridgehead atoms. The number of nitrogens with zero attached hydrogens (tertiary/aromatic N) is 2. The molecule has 0 aromatic heterocycles. The highest BCUT2D eigenvalue weighted by Gasteiger charge is 2.39. The fraction of sp³-hybridized carbons (Fsp3) is 0.323. The smallest absolute Gasteiger partial charge is 0.263 e. The second-order valence-corrected chi connectivity index (χ2v) is 10.2. The van der Waals surface area contributed by atoms with E-state index >= 15 is 0 Å². The van der Waals surface area contributed by atoms with Crippen molar-refractivity contribution in [2.24, 2.45) is 5.92 Å². The van der Waals surface area contributed by atoms with Gasteiger partial charge in [-0.2, -0.15) is 0 Å². The normalized spacial score (nSPS) is 17.3. The Bertz CT molecular complexity index is 1450. The number of hydrogen-bond donors (Lipinski definition) is 2. The molecule has 2 aliphatic heterocycles. The largest absolute Gasteiger partial charge is 0.497 e. The van der Waals surface area contributed by atoms with E-state index in [0.717, 1.165) is 11.3 Å². The Hall–Kier alpha value is -4.44. The van der Waals surface area contributed by atoms with Gasteiger partial charge in [-0.25, -0.2) is 4.39 Å². The van der Waals surface area contributed by atoms with Crippen LogP contribution in [0.15, 0.2) is 66.7 Å². The van der Waals surface area contributed by atoms with E-state index in [-0.39, 0.29) is 31.5 Å². The van der Waals surface area contributed by atoms with Gasteiger partial charge in [-0.15, -0.1) is 0 Å². The number of anilines is 1. The molecule has 3 amide bonds. The highest BCUT2D eigenvalue weighted by atomic mass is 19.1. The third-order valence-corrected chi connectivity index (χ3v) is 7.34. The number of carbonyl (C=O) groups excluding carboxylic acids is 3. The van der Waals surface area contributed by atoms with Crippen LogP contribution in [0.5, 0.6) is 11.5 Å². The van der Waals surface area contributed by atoms with Crippen LogP contribution in [0.4, 0.5) is 10.1 Å². The molecule has 41 heavy (non-hydrogen) atoms. The summed E-state index contributed by atoms with van der Waals surface area (Å²) in [5, 5.41) is 13.2. The van der Waals surface area contributed by atoms with Gasteiger partial charge in [-0.3, -0.25) is 19.3 Å². The molecule has 0 spiro atoms. The van der Waals surface area contributed by atoms with Crippen molar-refractivity contribution in [2.75, 3.05) is 38.3 Å². The number of aliphatic hydroxyl groups is 1. The molecule has 2 aliphatic rings. The lowest BCUT2D eigenvalue weighted by Gasteiger charge is -2.34. The van der Waals surface area contributed by atoms with Crippen LogP contribution < -0.4 is 19.7 Å². The molecule has 3 aromatic rings. The Morgan fingerprint density at radius 1 is 1.07 bits per heavy atom. The first-order valence-electron chi connectivity index (χ1n) is 13.5. The van der Waals surface area contributed by atoms with E-state index < -0.39 is 23.7 Å². The highest BCUT2D eigenvalue weighted by molar-refractivity contribution is 6.23. The van der Waals surface area contributed by atoms with Crippen LogP contribution >= 0.6 is 0 Å². The molecule has 1 fully saturated rings. The van der Waals surface area contributed by atoms with Crippen molar-refractivity contribution in [2.45, 2.75) is 25.5 Å². The van der Waals surface area contributed by atoms with Crippen molar-refractivity contribution in [1.82, 2.24) is 10.2 Å². The summed E-state index contributed by atoms with van der Waals surface area (Å²) in [6.07, 6.45) is 0.472. The Kier molecular flexibility index (Phi) is 8.49. The molecule has 214 valence electrons. The monoisotopic (exact) mass is 561 g/mol. The first-order chi connectivity index (χ1) is 19.8. The van der Waals surface area contributed by atoms with Gasteiger partial charge in [0.2, 0.25) is 5.91 Å². The van der Waals surface area contributed by atoms with Crippen molar-refractivity contribution >= 4 is 23.4 Å². The Morgan fingerprint density at radius 2 is 1.85 bits per heavy atom. The molecule has 9 nitrogen and oxygen atoms in total. The van der Waals surface area contributed by atoms with Gasteiger partial charge < -0.3 is 24.8 Å². The van der Waals surface area contributed by atoms with Gasteiger partial charge in [0.1, 0.15) is 30.0 Å². The van der Waals surface area contributed by atoms with Crippen molar-refractivity contribution in [3.05, 3.63) is 89.2 Å². The molecular formula is C31H32FN3O6. The van der Waals surface area contributed by atoms with Crippen LogP contribution in [-0.2, 0) is 11.3 Å². The number of benzene rings is 3. The minimum Gasteiger partial charge on any atom is -0.497 e. The summed E-state index contributed by atoms with van der Waals surface area (Å²) in [5.41, 5.74) is 1.73. The van der Waals surface area contributed by atoms with Crippen LogP contribution in [0, 0.1) is 11.7 Å². The third-order valence-electron chi connectivity index (χ3n) is 7.34. The standard InChI is InChI=1S/C31H32FN3O6/c1-40-24-9-3-10-25(15-24)41-19-23(36)16-33-29(37)21-7-5-13-34(18-21)27-12-4-11-26-28(27)31(39)35(30(26)38)17-20-6-2-8-22(32)14-20/h2-4,6,8-12,14-15,21,23,36H,5,7,13,16-19H2,1H3,(H,33,37)/t21-,23-/m1/s1. The molecule has 2 heterocycles. The number of piperidine rings is 1. The molecular weight excluding hydrogens is 529 g/mol. The summed E-state index contributed by atoms with van der Waals surface area (Å²) < 4.78 is 24.5. The molecule has 2 N–H and O–H groups in total. The second kappa shape index (κ2) is 12.4. The van der Waals surface area contributed by atoms with E-state index in [4.69, 9.17) is 9.47 Å². The van der Waals surface area contributed by atoms with Gasteiger partial charge >= 0.3 is 0 Å². The summed E-state index contributed by atoms with van der Waals surface area (Å²) in [6.45, 7) is 0.996. The number of rotatable bonds is 10. The average Bonchev–Trinajstić information content (AvgIpc) is 3.23. The average molecular weight is 562 g/mol. The minimum atomic E-state index is -0.907. The second-order valence-electron chi connectivity index (χ2n) is 10.2. The van der Waals surface area contributed by atoms with E-state index in [0.29, 0.717) is 53.4 Å². The molecule has 5 rings (SSSR count). The lowest BCUT2D eigenvalue weighted by molar-refractivity contribution is -0.125. The summed E-state index contributed by atoms with van der Waals surface area (Å²) in [5.74, 6) is -0.658. The van der Waals surface area contributed by atoms with E-state index in [1.54, 1.807) is 61.7 Å². The zero-order valence-electron chi connectivity index (χ0n) is 22.7. The van der Waals surface area contributed by atoms with E-state index in [9.17, 15) is 23.9 Å². The highest BCUT2D eigenvalue weighted by Crippen LogP contribution is 2.34. The van der Waals surface area contributed by atoms with Crippen LogP contribution in [0.25, 0.3) is 0 Å². The molecule has 2 atom stereocenters. The van der Waals surface area contributed by atoms with Crippen LogP contribution in [-0.4, -0.2) is 67.2 Å². The maximum absolute atomic E-state index is 13.7. The molecule has 0 unspecified atom stereocenters. The number of imide groups is 1. The number of hydrogen-bond acceptors (Lipinski definition) is 7. The van der Waals surface area contributed by atoms with Gasteiger partial charge in [-0.05, 0) is 54.8 Å². The van der Waals surface area contributed by atoms with E-state index in [1.165, 1.54) is 12.1 Å². The summed E-state index contributed by atoms with van der Waals surface area (Å²) in [6, 6.07) is 18.0. The SMILES string of the molecule is COc1cccc(OC[C@H](O)CNC(=O)[C@@H]2CCCN(c3cccc4c3C(=O)N(Cc3cccc(F)c3)C4=O)C2)c1. The zero-order chi connectivity index (χ0) is 28.9. The molecule has 10 heteroatoms. The predicted molar refractivity (Wildman–Crippen MR) is 149 cm³/mol. The Labute approximate surface area is 237 Å². The quantitative estimate of drug-likeness (QED) is 0.365. The number of ether oxygens (including phenoxy) is 2. The first kappa shape index (κ1) is 28.1. The Balaban J connectivity index is 1.20. The summed E-state index contributed by atoms with van der Waals surface area (Å²) in [7, 11) is 1.56. The number of aliphatic hydroxyl groups excluding tert-OH is 1. The van der Waals surface area contributed by atoms with Gasteiger partial charge in [-0.1, -0.05) is 24.3 Å². The van der Waals surface area contributed by atoms with Gasteiger partial charge in [0.05, 0.1) is 36.4 Å². The van der Waals surface area contributed by atoms with Crippen molar-refractivity contribution < 1.29 is 33.4 Å². The number of methoxy groups -OCH3 is 1. The van der Waals surface area contributed by atoms with Gasteiger partial charge in [0, 0.05) is 25.7 Å². The third kappa shape index (κ3) is 6.33. The topological polar surface area (TPSA) is 108 Å². The Morgan fingerprint density at radius 3 is 2.66 bits per heavy atom. The molecule has 0 radical (unpaired) electrons. The van der Waals surface area contributed by atoms with E-state index in [2.05, 4.69) is 5.32 Å². The first-order valence-corrected chi connectivity index (χ1v) is 13.5. The van der Waals surface area contributed by atoms with Gasteiger partial charge in [0.15, 0.2) is 0 Å². The molecule has 1 saturated heterocycles. The van der Waals surface area contributed by atoms with Gasteiger partial charge in [0.25, 0.3) is 11.8 Å². The number of amides is 3. The summed E-state index contributed by atoms with van der Waals surface area (Å²) in [4.78, 5) is 42.6. The number of halogens is 1. The number of carbonyl (C=O) groups is 3. The van der Waals surface area contributed by atoms with Crippen molar-refractivity contribution in [1.29, 1.82) is 0 Å². The lowest BCUT2D eigenvalue weighted by Crippen LogP contribution is -2.45. The lowest BCUT2D eigenvalue weighted by atomic mass is 9.95. The predicted octanol–water partition coefficient (Wildman–Crippen LogP) is 3.40. The molecule has 0 saturated carbocycles. The molecule has 0 aliphatic carbocycles. The molecule has 3 aromatic carbocycles. The van der Waals surface area contributed by atoms with Crippen LogP contribution in [0.3, 0.4) is 0 Å². The van der Waals surface area contributed by atoms with Crippen molar-refractivity contribution in [3.8, 4) is 11.5 Å². The van der Waals surface area contributed by atoms with Crippen LogP contribution in [0.1, 0.15) is 39.1 Å². The zero-order valence-corrected chi connectivity index (χ0v) is 22.7. The fourth-order valence-corrected chi connectivity index (χ4v) is 5.26. The van der Waals surface area contributed by atoms with Crippen molar-refractivity contribution in [3.63, 3.8) is 0 Å². The summed E-state index contributed by atoms with van der Waals surface area (Å²) >= 11 is 0. The number of fused-ring (bicyclic) bond motifs is 1. The maximum atomic E-state index is 13.7. The van der Waals surface area contributed by atoms with Crippen LogP contribution in [0.2, 0.25) is 0 Å². The minimum absolute atomic E-state index is 0.00263. The van der Waals surface area contributed by atoms with E-state index in [1.807, 2.05) is 4.90 Å². The maximum Gasteiger partial charge on any atom is 0.263 e.